The first-order valence-corrected chi connectivity index (χ1v) is 7.79. The van der Waals surface area contributed by atoms with Crippen LogP contribution in [-0.4, -0.2) is 11.5 Å². The molecule has 1 aromatic carbocycles. The number of aryl methyl sites for hydroxylation is 2. The number of aromatic nitrogens is 1. The van der Waals surface area contributed by atoms with Gasteiger partial charge in [0.15, 0.2) is 0 Å². The zero-order chi connectivity index (χ0) is 15.4. The van der Waals surface area contributed by atoms with Crippen LogP contribution in [0, 0.1) is 13.8 Å². The van der Waals surface area contributed by atoms with Crippen LogP contribution in [0.25, 0.3) is 0 Å². The molecule has 2 aromatic rings. The quantitative estimate of drug-likeness (QED) is 0.872. The van der Waals surface area contributed by atoms with E-state index in [0.717, 1.165) is 12.2 Å². The lowest BCUT2D eigenvalue weighted by atomic mass is 9.95. The van der Waals surface area contributed by atoms with Gasteiger partial charge >= 0.3 is 0 Å². The molecule has 0 bridgehead atoms. The Morgan fingerprint density at radius 3 is 2.19 bits per heavy atom. The summed E-state index contributed by atoms with van der Waals surface area (Å²) in [6, 6.07) is 11.3. The second kappa shape index (κ2) is 6.86. The van der Waals surface area contributed by atoms with Crippen LogP contribution in [0.15, 0.2) is 36.5 Å². The fraction of sp³-hybridized carbons (Fsp3) is 0.421. The predicted molar refractivity (Wildman–Crippen MR) is 89.8 cm³/mol. The number of benzene rings is 1. The van der Waals surface area contributed by atoms with Crippen molar-refractivity contribution in [3.05, 3.63) is 64.5 Å². The first-order valence-electron chi connectivity index (χ1n) is 7.79. The summed E-state index contributed by atoms with van der Waals surface area (Å²) in [7, 11) is 0. The molecule has 2 rings (SSSR count). The number of hydrogen-bond acceptors (Lipinski definition) is 2. The minimum absolute atomic E-state index is 0.164. The summed E-state index contributed by atoms with van der Waals surface area (Å²) in [5.41, 5.74) is 6.23. The lowest BCUT2D eigenvalue weighted by Crippen LogP contribution is -2.24. The molecule has 0 amide bonds. The summed E-state index contributed by atoms with van der Waals surface area (Å²) in [6.07, 6.45) is 1.95. The van der Waals surface area contributed by atoms with E-state index in [1.54, 1.807) is 0 Å². The third-order valence-corrected chi connectivity index (χ3v) is 3.87. The van der Waals surface area contributed by atoms with Crippen LogP contribution in [0.1, 0.15) is 60.7 Å². The zero-order valence-electron chi connectivity index (χ0n) is 13.8. The van der Waals surface area contributed by atoms with Crippen molar-refractivity contribution in [3.8, 4) is 0 Å². The highest BCUT2D eigenvalue weighted by molar-refractivity contribution is 5.35. The molecule has 1 unspecified atom stereocenters. The van der Waals surface area contributed by atoms with Gasteiger partial charge in [0.05, 0.1) is 11.7 Å². The summed E-state index contributed by atoms with van der Waals surface area (Å²) in [5.74, 6) is 0.566. The summed E-state index contributed by atoms with van der Waals surface area (Å²) in [6.45, 7) is 11.7. The molecule has 1 aromatic heterocycles. The van der Waals surface area contributed by atoms with Crippen molar-refractivity contribution in [1.82, 2.24) is 10.3 Å². The number of hydrogen-bond donors (Lipinski definition) is 1. The van der Waals surface area contributed by atoms with E-state index in [9.17, 15) is 0 Å². The van der Waals surface area contributed by atoms with Gasteiger partial charge in [0.2, 0.25) is 0 Å². The van der Waals surface area contributed by atoms with Crippen LogP contribution in [0.2, 0.25) is 0 Å². The van der Waals surface area contributed by atoms with E-state index in [1.165, 1.54) is 22.3 Å². The van der Waals surface area contributed by atoms with E-state index in [1.807, 2.05) is 6.20 Å². The summed E-state index contributed by atoms with van der Waals surface area (Å²) < 4.78 is 0. The molecule has 1 N–H and O–H groups in total. The Hall–Kier alpha value is -1.67. The first-order chi connectivity index (χ1) is 10.0. The van der Waals surface area contributed by atoms with E-state index in [-0.39, 0.29) is 6.04 Å². The molecular formula is C19H26N2. The lowest BCUT2D eigenvalue weighted by Gasteiger charge is -2.20. The minimum Gasteiger partial charge on any atom is -0.305 e. The topological polar surface area (TPSA) is 24.9 Å². The highest BCUT2D eigenvalue weighted by atomic mass is 14.9. The SMILES string of the molecule is CCNC(c1ccc(C(C)C)cc1)c1ncc(C)cc1C. The molecular weight excluding hydrogens is 256 g/mol. The van der Waals surface area contributed by atoms with Crippen molar-refractivity contribution in [2.45, 2.75) is 46.6 Å². The van der Waals surface area contributed by atoms with Crippen molar-refractivity contribution < 1.29 is 0 Å². The monoisotopic (exact) mass is 282 g/mol. The van der Waals surface area contributed by atoms with Crippen LogP contribution in [0.5, 0.6) is 0 Å². The highest BCUT2D eigenvalue weighted by Gasteiger charge is 2.16. The fourth-order valence-corrected chi connectivity index (χ4v) is 2.68. The van der Waals surface area contributed by atoms with E-state index in [2.05, 4.69) is 75.3 Å². The summed E-state index contributed by atoms with van der Waals surface area (Å²) in [4.78, 5) is 4.67. The average Bonchev–Trinajstić information content (AvgIpc) is 2.46. The Balaban J connectivity index is 2.38. The minimum atomic E-state index is 0.164. The maximum atomic E-state index is 4.67. The number of rotatable bonds is 5. The predicted octanol–water partition coefficient (Wildman–Crippen LogP) is 4.52. The molecule has 0 saturated carbocycles. The second-order valence-corrected chi connectivity index (χ2v) is 6.03. The smallest absolute Gasteiger partial charge is 0.0754 e. The van der Waals surface area contributed by atoms with Gasteiger partial charge in [-0.15, -0.1) is 0 Å². The van der Waals surface area contributed by atoms with Crippen LogP contribution in [0.4, 0.5) is 0 Å². The van der Waals surface area contributed by atoms with Crippen LogP contribution < -0.4 is 5.32 Å². The van der Waals surface area contributed by atoms with Crippen molar-refractivity contribution in [1.29, 1.82) is 0 Å². The van der Waals surface area contributed by atoms with Crippen LogP contribution >= 0.6 is 0 Å². The molecule has 21 heavy (non-hydrogen) atoms. The van der Waals surface area contributed by atoms with Crippen molar-refractivity contribution in [2.24, 2.45) is 0 Å². The fourth-order valence-electron chi connectivity index (χ4n) is 2.68. The molecule has 0 aliphatic rings. The van der Waals surface area contributed by atoms with Crippen molar-refractivity contribution in [2.75, 3.05) is 6.54 Å². The Morgan fingerprint density at radius 2 is 1.67 bits per heavy atom. The lowest BCUT2D eigenvalue weighted by molar-refractivity contribution is 0.611. The number of nitrogens with zero attached hydrogens (tertiary/aromatic N) is 1. The van der Waals surface area contributed by atoms with E-state index < -0.39 is 0 Å². The van der Waals surface area contributed by atoms with Crippen LogP contribution in [0.3, 0.4) is 0 Å². The van der Waals surface area contributed by atoms with Gasteiger partial charge in [-0.3, -0.25) is 4.98 Å². The van der Waals surface area contributed by atoms with Gasteiger partial charge in [-0.05, 0) is 48.6 Å². The standard InChI is InChI=1S/C19H26N2/c1-6-20-19(18-15(5)11-14(4)12-21-18)17-9-7-16(8-10-17)13(2)3/h7-13,19-20H,6H2,1-5H3. The molecule has 0 fully saturated rings. The molecule has 2 heteroatoms. The first kappa shape index (κ1) is 15.7. The van der Waals surface area contributed by atoms with E-state index in [0.29, 0.717) is 5.92 Å². The number of nitrogens with one attached hydrogen (secondary N) is 1. The Kier molecular flexibility index (Phi) is 5.13. The van der Waals surface area contributed by atoms with Gasteiger partial charge in [0.25, 0.3) is 0 Å². The van der Waals surface area contributed by atoms with E-state index in [4.69, 9.17) is 0 Å². The Labute approximate surface area is 128 Å². The molecule has 0 saturated heterocycles. The van der Waals surface area contributed by atoms with Gasteiger partial charge in [-0.1, -0.05) is 51.1 Å². The molecule has 0 aliphatic carbocycles. The zero-order valence-corrected chi connectivity index (χ0v) is 13.8. The Morgan fingerprint density at radius 1 is 1.05 bits per heavy atom. The van der Waals surface area contributed by atoms with Gasteiger partial charge in [-0.2, -0.15) is 0 Å². The maximum absolute atomic E-state index is 4.67. The molecule has 1 atom stereocenters. The van der Waals surface area contributed by atoms with Gasteiger partial charge in [0.1, 0.15) is 0 Å². The largest absolute Gasteiger partial charge is 0.305 e. The normalized spacial score (nSPS) is 12.7. The van der Waals surface area contributed by atoms with Gasteiger partial charge < -0.3 is 5.32 Å². The van der Waals surface area contributed by atoms with Gasteiger partial charge in [-0.25, -0.2) is 0 Å². The highest BCUT2D eigenvalue weighted by Crippen LogP contribution is 2.25. The number of pyridine rings is 1. The summed E-state index contributed by atoms with van der Waals surface area (Å²) >= 11 is 0. The average molecular weight is 282 g/mol. The molecule has 1 heterocycles. The van der Waals surface area contributed by atoms with Gasteiger partial charge in [0, 0.05) is 6.20 Å². The molecule has 0 aliphatic heterocycles. The van der Waals surface area contributed by atoms with E-state index >= 15 is 0 Å². The third kappa shape index (κ3) is 3.70. The molecule has 0 radical (unpaired) electrons. The molecule has 0 spiro atoms. The van der Waals surface area contributed by atoms with Crippen molar-refractivity contribution >= 4 is 0 Å². The summed E-state index contributed by atoms with van der Waals surface area (Å²) in [5, 5.41) is 3.56. The third-order valence-electron chi connectivity index (χ3n) is 3.87. The van der Waals surface area contributed by atoms with Crippen molar-refractivity contribution in [3.63, 3.8) is 0 Å². The maximum Gasteiger partial charge on any atom is 0.0754 e. The molecule has 112 valence electrons. The second-order valence-electron chi connectivity index (χ2n) is 6.03. The van der Waals surface area contributed by atoms with Crippen LogP contribution in [-0.2, 0) is 0 Å². The molecule has 2 nitrogen and oxygen atoms in total. The Bertz CT molecular complexity index is 585.